The maximum atomic E-state index is 5.62. The minimum Gasteiger partial charge on any atom is -0.457 e. The van der Waals surface area contributed by atoms with Crippen molar-refractivity contribution >= 4 is 5.69 Å². The number of aryl methyl sites for hydroxylation is 1. The van der Waals surface area contributed by atoms with E-state index >= 15 is 0 Å². The summed E-state index contributed by atoms with van der Waals surface area (Å²) in [5.74, 6) is 1.56. The van der Waals surface area contributed by atoms with Crippen molar-refractivity contribution < 1.29 is 4.74 Å². The van der Waals surface area contributed by atoms with Crippen LogP contribution in [0.1, 0.15) is 19.5 Å². The fraction of sp³-hybridized carbons (Fsp3) is 0.214. The van der Waals surface area contributed by atoms with Crippen molar-refractivity contribution in [3.05, 3.63) is 48.3 Å². The molecule has 1 aromatic heterocycles. The van der Waals surface area contributed by atoms with E-state index in [2.05, 4.69) is 4.98 Å². The van der Waals surface area contributed by atoms with Crippen LogP contribution in [0.5, 0.6) is 11.5 Å². The highest BCUT2D eigenvalue weighted by atomic mass is 16.5. The van der Waals surface area contributed by atoms with E-state index in [-0.39, 0.29) is 0 Å². The molecule has 0 unspecified atom stereocenters. The molecule has 2 rings (SSSR count). The first kappa shape index (κ1) is 13.0. The summed E-state index contributed by atoms with van der Waals surface area (Å²) in [6.45, 7) is 5.93. The molecule has 3 nitrogen and oxygen atoms in total. The van der Waals surface area contributed by atoms with Crippen molar-refractivity contribution in [3.63, 3.8) is 0 Å². The number of benzene rings is 1. The highest BCUT2D eigenvalue weighted by Crippen LogP contribution is 2.21. The molecule has 3 heteroatoms. The summed E-state index contributed by atoms with van der Waals surface area (Å²) in [6.07, 6.45) is 1.72. The molecule has 1 aromatic carbocycles. The van der Waals surface area contributed by atoms with Gasteiger partial charge in [0.15, 0.2) is 0 Å². The van der Waals surface area contributed by atoms with E-state index in [4.69, 9.17) is 10.5 Å². The van der Waals surface area contributed by atoms with Gasteiger partial charge in [-0.05, 0) is 37.3 Å². The molecule has 0 aliphatic heterocycles. The van der Waals surface area contributed by atoms with Crippen LogP contribution in [0.25, 0.3) is 0 Å². The first-order valence-electron chi connectivity index (χ1n) is 5.70. The second kappa shape index (κ2) is 6.53. The van der Waals surface area contributed by atoms with Crippen LogP contribution in [-0.2, 0) is 0 Å². The van der Waals surface area contributed by atoms with Crippen molar-refractivity contribution in [3.8, 4) is 11.5 Å². The van der Waals surface area contributed by atoms with Crippen LogP contribution in [0.2, 0.25) is 0 Å². The van der Waals surface area contributed by atoms with Gasteiger partial charge in [-0.25, -0.2) is 0 Å². The van der Waals surface area contributed by atoms with E-state index in [0.717, 1.165) is 22.9 Å². The molecule has 0 amide bonds. The third kappa shape index (κ3) is 4.15. The first-order chi connectivity index (χ1) is 8.24. The van der Waals surface area contributed by atoms with E-state index in [1.54, 1.807) is 6.20 Å². The summed E-state index contributed by atoms with van der Waals surface area (Å²) in [5.41, 5.74) is 7.24. The van der Waals surface area contributed by atoms with Gasteiger partial charge in [-0.1, -0.05) is 13.8 Å². The van der Waals surface area contributed by atoms with Crippen LogP contribution in [-0.4, -0.2) is 4.98 Å². The van der Waals surface area contributed by atoms with Crippen molar-refractivity contribution in [2.75, 3.05) is 5.73 Å². The van der Waals surface area contributed by atoms with E-state index in [1.165, 1.54) is 0 Å². The van der Waals surface area contributed by atoms with E-state index < -0.39 is 0 Å². The lowest BCUT2D eigenvalue weighted by atomic mass is 10.3. The third-order valence-corrected chi connectivity index (χ3v) is 1.98. The predicted molar refractivity (Wildman–Crippen MR) is 71.3 cm³/mol. The van der Waals surface area contributed by atoms with Gasteiger partial charge in [0.25, 0.3) is 0 Å². The smallest absolute Gasteiger partial charge is 0.130 e. The second-order valence-corrected chi connectivity index (χ2v) is 3.30. The molecule has 0 saturated heterocycles. The standard InChI is InChI=1S/C12H12N2O.C2H6/c1-9-8-12(6-7-14-9)15-11-4-2-10(13)3-5-11;1-2/h2-8H,13H2,1H3;1-2H3. The highest BCUT2D eigenvalue weighted by Gasteiger charge is 1.97. The van der Waals surface area contributed by atoms with E-state index in [9.17, 15) is 0 Å². The minimum absolute atomic E-state index is 0.730. The van der Waals surface area contributed by atoms with Crippen LogP contribution in [0.3, 0.4) is 0 Å². The average molecular weight is 230 g/mol. The molecule has 0 radical (unpaired) electrons. The van der Waals surface area contributed by atoms with Crippen LogP contribution < -0.4 is 10.5 Å². The van der Waals surface area contributed by atoms with E-state index in [0.29, 0.717) is 0 Å². The normalized spacial score (nSPS) is 9.12. The molecule has 0 atom stereocenters. The van der Waals surface area contributed by atoms with Crippen molar-refractivity contribution in [1.82, 2.24) is 4.98 Å². The average Bonchev–Trinajstić information content (AvgIpc) is 2.35. The van der Waals surface area contributed by atoms with E-state index in [1.807, 2.05) is 57.2 Å². The Morgan fingerprint density at radius 3 is 2.24 bits per heavy atom. The predicted octanol–water partition coefficient (Wildman–Crippen LogP) is 3.79. The number of nitrogens with zero attached hydrogens (tertiary/aromatic N) is 1. The Hall–Kier alpha value is -2.03. The van der Waals surface area contributed by atoms with Gasteiger partial charge >= 0.3 is 0 Å². The molecular formula is C14H18N2O. The second-order valence-electron chi connectivity index (χ2n) is 3.30. The molecule has 0 spiro atoms. The Bertz CT molecular complexity index is 452. The van der Waals surface area contributed by atoms with Gasteiger partial charge in [-0.15, -0.1) is 0 Å². The van der Waals surface area contributed by atoms with Crippen LogP contribution >= 0.6 is 0 Å². The fourth-order valence-electron chi connectivity index (χ4n) is 1.25. The molecule has 0 saturated carbocycles. The summed E-state index contributed by atoms with van der Waals surface area (Å²) in [5, 5.41) is 0. The number of pyridine rings is 1. The maximum Gasteiger partial charge on any atom is 0.130 e. The van der Waals surface area contributed by atoms with Crippen molar-refractivity contribution in [2.45, 2.75) is 20.8 Å². The van der Waals surface area contributed by atoms with Gasteiger partial charge in [0.05, 0.1) is 0 Å². The van der Waals surface area contributed by atoms with Crippen LogP contribution in [0, 0.1) is 6.92 Å². The molecule has 2 N–H and O–H groups in total. The third-order valence-electron chi connectivity index (χ3n) is 1.98. The van der Waals surface area contributed by atoms with Crippen LogP contribution in [0.4, 0.5) is 5.69 Å². The summed E-state index contributed by atoms with van der Waals surface area (Å²) < 4.78 is 5.62. The lowest BCUT2D eigenvalue weighted by molar-refractivity contribution is 0.481. The monoisotopic (exact) mass is 230 g/mol. The largest absolute Gasteiger partial charge is 0.457 e. The van der Waals surface area contributed by atoms with Gasteiger partial charge in [-0.3, -0.25) is 4.98 Å². The summed E-state index contributed by atoms with van der Waals surface area (Å²) in [4.78, 5) is 4.10. The number of anilines is 1. The molecule has 0 aliphatic carbocycles. The Labute approximate surface area is 102 Å². The Morgan fingerprint density at radius 2 is 1.65 bits per heavy atom. The van der Waals surface area contributed by atoms with Gasteiger partial charge in [0.1, 0.15) is 11.5 Å². The molecule has 17 heavy (non-hydrogen) atoms. The van der Waals surface area contributed by atoms with Crippen molar-refractivity contribution in [2.24, 2.45) is 0 Å². The van der Waals surface area contributed by atoms with Gasteiger partial charge in [0.2, 0.25) is 0 Å². The number of aromatic nitrogens is 1. The first-order valence-corrected chi connectivity index (χ1v) is 5.70. The van der Waals surface area contributed by atoms with Gasteiger partial charge < -0.3 is 10.5 Å². The molecule has 0 fully saturated rings. The minimum atomic E-state index is 0.730. The Morgan fingerprint density at radius 1 is 1.00 bits per heavy atom. The molecule has 0 bridgehead atoms. The molecule has 0 aliphatic rings. The van der Waals surface area contributed by atoms with Crippen LogP contribution in [0.15, 0.2) is 42.6 Å². The lowest BCUT2D eigenvalue weighted by Crippen LogP contribution is -1.88. The van der Waals surface area contributed by atoms with Gasteiger partial charge in [-0.2, -0.15) is 0 Å². The Balaban J connectivity index is 0.000000686. The molecular weight excluding hydrogens is 212 g/mol. The lowest BCUT2D eigenvalue weighted by Gasteiger charge is -2.05. The highest BCUT2D eigenvalue weighted by molar-refractivity contribution is 5.43. The quantitative estimate of drug-likeness (QED) is 0.798. The number of nitrogens with two attached hydrogens (primary N) is 1. The maximum absolute atomic E-state index is 5.62. The number of hydrogen-bond acceptors (Lipinski definition) is 3. The summed E-state index contributed by atoms with van der Waals surface area (Å²) in [6, 6.07) is 11.0. The zero-order valence-corrected chi connectivity index (χ0v) is 10.5. The molecule has 2 aromatic rings. The zero-order valence-electron chi connectivity index (χ0n) is 10.5. The number of ether oxygens (including phenoxy) is 1. The van der Waals surface area contributed by atoms with Gasteiger partial charge in [0, 0.05) is 23.6 Å². The molecule has 1 heterocycles. The number of nitrogen functional groups attached to an aromatic ring is 1. The molecule has 90 valence electrons. The fourth-order valence-corrected chi connectivity index (χ4v) is 1.25. The SMILES string of the molecule is CC.Cc1cc(Oc2ccc(N)cc2)ccn1. The number of hydrogen-bond donors (Lipinski definition) is 1. The topological polar surface area (TPSA) is 48.1 Å². The number of rotatable bonds is 2. The summed E-state index contributed by atoms with van der Waals surface area (Å²) >= 11 is 0. The van der Waals surface area contributed by atoms with Crippen molar-refractivity contribution in [1.29, 1.82) is 0 Å². The Kier molecular flexibility index (Phi) is 5.01. The zero-order chi connectivity index (χ0) is 12.7. The summed E-state index contributed by atoms with van der Waals surface area (Å²) in [7, 11) is 0.